The van der Waals surface area contributed by atoms with Crippen molar-refractivity contribution in [1.29, 1.82) is 0 Å². The Morgan fingerprint density at radius 3 is 2.03 bits per heavy atom. The smallest absolute Gasteiger partial charge is 0.268 e. The molecule has 5 aromatic rings. The highest BCUT2D eigenvalue weighted by Gasteiger charge is 2.23. The molecule has 4 nitrogen and oxygen atoms in total. The lowest BCUT2D eigenvalue weighted by Gasteiger charge is -2.12. The lowest BCUT2D eigenvalue weighted by Crippen LogP contribution is -2.12. The van der Waals surface area contributed by atoms with Crippen LogP contribution in [0.15, 0.2) is 114 Å². The molecule has 0 aliphatic rings. The predicted molar refractivity (Wildman–Crippen MR) is 131 cm³/mol. The van der Waals surface area contributed by atoms with E-state index in [9.17, 15) is 13.2 Å². The van der Waals surface area contributed by atoms with E-state index in [1.165, 1.54) is 10.2 Å². The molecule has 0 aliphatic carbocycles. The topological polar surface area (TPSA) is 56.1 Å². The number of nitrogens with zero attached hydrogens (tertiary/aromatic N) is 1. The molecule has 0 N–H and O–H groups in total. The molecule has 33 heavy (non-hydrogen) atoms. The fraction of sp³-hybridized carbons (Fsp3) is 0.0357. The van der Waals surface area contributed by atoms with E-state index in [0.717, 1.165) is 16.7 Å². The SMILES string of the molecule is Cc1ccc(S(=O)(=O)n2ccc3c(C(=O)c4ccccc4)cc(-c4ccccc4)cc32)cc1. The zero-order valence-electron chi connectivity index (χ0n) is 18.0. The minimum atomic E-state index is -3.84. The van der Waals surface area contributed by atoms with Gasteiger partial charge in [-0.25, -0.2) is 12.4 Å². The Bertz CT molecular complexity index is 1570. The maximum Gasteiger partial charge on any atom is 0.268 e. The lowest BCUT2D eigenvalue weighted by molar-refractivity contribution is 0.104. The first-order valence-corrected chi connectivity index (χ1v) is 12.0. The third-order valence-electron chi connectivity index (χ3n) is 5.74. The maximum absolute atomic E-state index is 13.5. The van der Waals surface area contributed by atoms with Crippen LogP contribution in [0.2, 0.25) is 0 Å². The van der Waals surface area contributed by atoms with Crippen LogP contribution >= 0.6 is 0 Å². The van der Waals surface area contributed by atoms with Gasteiger partial charge in [0.25, 0.3) is 10.0 Å². The van der Waals surface area contributed by atoms with Crippen LogP contribution in [0.5, 0.6) is 0 Å². The van der Waals surface area contributed by atoms with E-state index in [2.05, 4.69) is 0 Å². The van der Waals surface area contributed by atoms with E-state index in [1.54, 1.807) is 42.5 Å². The number of aryl methyl sites for hydroxylation is 1. The average Bonchev–Trinajstić information content (AvgIpc) is 3.29. The largest absolute Gasteiger partial charge is 0.289 e. The molecule has 0 atom stereocenters. The molecule has 0 amide bonds. The van der Waals surface area contributed by atoms with Gasteiger partial charge in [-0.1, -0.05) is 78.4 Å². The van der Waals surface area contributed by atoms with E-state index in [0.29, 0.717) is 22.0 Å². The molecule has 1 heterocycles. The van der Waals surface area contributed by atoms with E-state index in [1.807, 2.05) is 67.6 Å². The molecule has 0 saturated heterocycles. The summed E-state index contributed by atoms with van der Waals surface area (Å²) in [6, 6.07) is 30.8. The molecule has 0 spiro atoms. The van der Waals surface area contributed by atoms with Crippen molar-refractivity contribution in [3.8, 4) is 11.1 Å². The zero-order valence-corrected chi connectivity index (χ0v) is 18.8. The third kappa shape index (κ3) is 3.77. The highest BCUT2D eigenvalue weighted by molar-refractivity contribution is 7.90. The van der Waals surface area contributed by atoms with Crippen LogP contribution in [0.3, 0.4) is 0 Å². The van der Waals surface area contributed by atoms with Crippen molar-refractivity contribution in [3.63, 3.8) is 0 Å². The molecule has 0 saturated carbocycles. The van der Waals surface area contributed by atoms with Gasteiger partial charge < -0.3 is 0 Å². The Morgan fingerprint density at radius 1 is 0.727 bits per heavy atom. The van der Waals surface area contributed by atoms with Gasteiger partial charge in [-0.15, -0.1) is 0 Å². The predicted octanol–water partition coefficient (Wildman–Crippen LogP) is 6.08. The quantitative estimate of drug-likeness (QED) is 0.304. The summed E-state index contributed by atoms with van der Waals surface area (Å²) >= 11 is 0. The maximum atomic E-state index is 13.5. The molecule has 1 aromatic heterocycles. The second-order valence-corrected chi connectivity index (χ2v) is 9.76. The number of carbonyl (C=O) groups excluding carboxylic acids is 1. The van der Waals surface area contributed by atoms with Crippen molar-refractivity contribution in [2.75, 3.05) is 0 Å². The Hall–Kier alpha value is -3.96. The van der Waals surface area contributed by atoms with Crippen molar-refractivity contribution in [3.05, 3.63) is 126 Å². The average molecular weight is 452 g/mol. The Kier molecular flexibility index (Phi) is 5.19. The number of fused-ring (bicyclic) bond motifs is 1. The van der Waals surface area contributed by atoms with E-state index in [4.69, 9.17) is 0 Å². The normalized spacial score (nSPS) is 11.5. The van der Waals surface area contributed by atoms with E-state index >= 15 is 0 Å². The van der Waals surface area contributed by atoms with Crippen molar-refractivity contribution in [2.24, 2.45) is 0 Å². The first-order chi connectivity index (χ1) is 15.9. The summed E-state index contributed by atoms with van der Waals surface area (Å²) in [5, 5.41) is 0.597. The molecule has 0 unspecified atom stereocenters. The lowest BCUT2D eigenvalue weighted by atomic mass is 9.95. The first kappa shape index (κ1) is 20.9. The number of hydrogen-bond donors (Lipinski definition) is 0. The van der Waals surface area contributed by atoms with Crippen molar-refractivity contribution >= 4 is 26.7 Å². The van der Waals surface area contributed by atoms with Gasteiger partial charge in [-0.05, 0) is 48.4 Å². The Labute approximate surface area is 192 Å². The van der Waals surface area contributed by atoms with Crippen LogP contribution in [0, 0.1) is 6.92 Å². The van der Waals surface area contributed by atoms with Gasteiger partial charge in [0.15, 0.2) is 5.78 Å². The molecular formula is C28H21NO3S. The van der Waals surface area contributed by atoms with Crippen molar-refractivity contribution in [2.45, 2.75) is 11.8 Å². The van der Waals surface area contributed by atoms with Gasteiger partial charge in [0, 0.05) is 22.7 Å². The van der Waals surface area contributed by atoms with Crippen LogP contribution in [-0.4, -0.2) is 18.2 Å². The highest BCUT2D eigenvalue weighted by Crippen LogP contribution is 2.32. The van der Waals surface area contributed by atoms with Crippen molar-refractivity contribution in [1.82, 2.24) is 3.97 Å². The number of aromatic nitrogens is 1. The highest BCUT2D eigenvalue weighted by atomic mass is 32.2. The first-order valence-electron chi connectivity index (χ1n) is 10.6. The van der Waals surface area contributed by atoms with Crippen LogP contribution in [0.25, 0.3) is 22.0 Å². The molecule has 0 bridgehead atoms. The number of carbonyl (C=O) groups is 1. The standard InChI is InChI=1S/C28H21NO3S/c1-20-12-14-24(15-13-20)33(31,32)29-17-16-25-26(28(30)22-10-6-3-7-11-22)18-23(19-27(25)29)21-8-4-2-5-9-21/h2-19H,1H3. The molecule has 4 aromatic carbocycles. The van der Waals surface area contributed by atoms with E-state index in [-0.39, 0.29) is 10.7 Å². The summed E-state index contributed by atoms with van der Waals surface area (Å²) in [7, 11) is -3.84. The van der Waals surface area contributed by atoms with Gasteiger partial charge in [-0.3, -0.25) is 4.79 Å². The van der Waals surface area contributed by atoms with Gasteiger partial charge in [-0.2, -0.15) is 0 Å². The number of benzene rings is 4. The zero-order chi connectivity index (χ0) is 23.0. The fourth-order valence-electron chi connectivity index (χ4n) is 3.98. The number of rotatable bonds is 5. The summed E-state index contributed by atoms with van der Waals surface area (Å²) in [5.41, 5.74) is 4.15. The Balaban J connectivity index is 1.77. The number of ketones is 1. The minimum Gasteiger partial charge on any atom is -0.289 e. The fourth-order valence-corrected chi connectivity index (χ4v) is 5.32. The molecule has 0 aliphatic heterocycles. The van der Waals surface area contributed by atoms with Gasteiger partial charge >= 0.3 is 0 Å². The minimum absolute atomic E-state index is 0.149. The van der Waals surface area contributed by atoms with Gasteiger partial charge in [0.05, 0.1) is 10.4 Å². The van der Waals surface area contributed by atoms with E-state index < -0.39 is 10.0 Å². The number of hydrogen-bond acceptors (Lipinski definition) is 3. The summed E-state index contributed by atoms with van der Waals surface area (Å²) in [6.07, 6.45) is 1.52. The summed E-state index contributed by atoms with van der Waals surface area (Å²) < 4.78 is 28.3. The second-order valence-electron chi connectivity index (χ2n) is 7.95. The van der Waals surface area contributed by atoms with Crippen LogP contribution in [0.4, 0.5) is 0 Å². The molecule has 5 heteroatoms. The second kappa shape index (κ2) is 8.19. The van der Waals surface area contributed by atoms with Crippen LogP contribution in [-0.2, 0) is 10.0 Å². The Morgan fingerprint density at radius 2 is 1.36 bits per heavy atom. The molecular weight excluding hydrogens is 430 g/mol. The molecule has 0 fully saturated rings. The summed E-state index contributed by atoms with van der Waals surface area (Å²) in [4.78, 5) is 13.7. The molecule has 5 rings (SSSR count). The molecule has 0 radical (unpaired) electrons. The summed E-state index contributed by atoms with van der Waals surface area (Å²) in [6.45, 7) is 1.91. The van der Waals surface area contributed by atoms with Crippen LogP contribution < -0.4 is 0 Å². The van der Waals surface area contributed by atoms with Gasteiger partial charge in [0.2, 0.25) is 0 Å². The third-order valence-corrected chi connectivity index (χ3v) is 7.44. The van der Waals surface area contributed by atoms with Crippen molar-refractivity contribution < 1.29 is 13.2 Å². The molecule has 162 valence electrons. The van der Waals surface area contributed by atoms with Gasteiger partial charge in [0.1, 0.15) is 0 Å². The monoisotopic (exact) mass is 451 g/mol. The van der Waals surface area contributed by atoms with Crippen LogP contribution in [0.1, 0.15) is 21.5 Å². The summed E-state index contributed by atoms with van der Waals surface area (Å²) in [5.74, 6) is -0.149.